The van der Waals surface area contributed by atoms with Crippen molar-refractivity contribution in [2.24, 2.45) is 0 Å². The first kappa shape index (κ1) is 15.0. The zero-order valence-corrected chi connectivity index (χ0v) is 12.1. The predicted octanol–water partition coefficient (Wildman–Crippen LogP) is 2.59. The smallest absolute Gasteiger partial charge is 0.137 e. The number of hydrogen-bond acceptors (Lipinski definition) is 3. The maximum absolute atomic E-state index is 5.70. The van der Waals surface area contributed by atoms with Crippen LogP contribution in [0.1, 0.15) is 12.0 Å². The molecule has 1 rings (SSSR count). The van der Waals surface area contributed by atoms with Crippen LogP contribution in [0.4, 0.5) is 0 Å². The zero-order chi connectivity index (χ0) is 13.2. The van der Waals surface area contributed by atoms with Gasteiger partial charge in [0.05, 0.1) is 17.7 Å². The molecule has 0 saturated carbocycles. The van der Waals surface area contributed by atoms with Crippen molar-refractivity contribution in [3.8, 4) is 18.1 Å². The average molecular weight is 312 g/mol. The van der Waals surface area contributed by atoms with Crippen LogP contribution in [0.5, 0.6) is 5.75 Å². The van der Waals surface area contributed by atoms with Gasteiger partial charge in [0.25, 0.3) is 0 Å². The van der Waals surface area contributed by atoms with E-state index in [0.717, 1.165) is 28.9 Å². The first-order chi connectivity index (χ1) is 8.79. The molecule has 0 heterocycles. The molecule has 4 heteroatoms. The first-order valence-electron chi connectivity index (χ1n) is 5.83. The van der Waals surface area contributed by atoms with Gasteiger partial charge in [0.1, 0.15) is 5.75 Å². The lowest BCUT2D eigenvalue weighted by Crippen LogP contribution is -2.19. The number of hydrogen-bond donors (Lipinski definition) is 1. The van der Waals surface area contributed by atoms with Gasteiger partial charge in [0.2, 0.25) is 0 Å². The van der Waals surface area contributed by atoms with Crippen LogP contribution in [0.3, 0.4) is 0 Å². The van der Waals surface area contributed by atoms with Crippen LogP contribution in [0.2, 0.25) is 0 Å². The summed E-state index contributed by atoms with van der Waals surface area (Å²) in [5.41, 5.74) is 1.11. The van der Waals surface area contributed by atoms with Gasteiger partial charge in [-0.3, -0.25) is 0 Å². The molecule has 98 valence electrons. The summed E-state index contributed by atoms with van der Waals surface area (Å²) in [5.74, 6) is 3.42. The van der Waals surface area contributed by atoms with Gasteiger partial charge in [-0.05, 0) is 22.0 Å². The van der Waals surface area contributed by atoms with Crippen LogP contribution >= 0.6 is 15.9 Å². The van der Waals surface area contributed by atoms with Crippen molar-refractivity contribution in [1.29, 1.82) is 0 Å². The minimum absolute atomic E-state index is 0.532. The quantitative estimate of drug-likeness (QED) is 0.591. The van der Waals surface area contributed by atoms with Crippen molar-refractivity contribution in [3.05, 3.63) is 28.2 Å². The molecule has 0 spiro atoms. The Labute approximate surface area is 117 Å². The molecule has 18 heavy (non-hydrogen) atoms. The van der Waals surface area contributed by atoms with Crippen molar-refractivity contribution in [2.45, 2.75) is 13.0 Å². The molecule has 1 N–H and O–H groups in total. The molecule has 0 fully saturated rings. The summed E-state index contributed by atoms with van der Waals surface area (Å²) < 4.78 is 11.6. The third kappa shape index (κ3) is 5.09. The van der Waals surface area contributed by atoms with Gasteiger partial charge in [-0.1, -0.05) is 12.1 Å². The van der Waals surface area contributed by atoms with E-state index in [0.29, 0.717) is 19.6 Å². The first-order valence-corrected chi connectivity index (χ1v) is 6.62. The maximum Gasteiger partial charge on any atom is 0.137 e. The number of nitrogens with one attached hydrogen (secondary N) is 1. The van der Waals surface area contributed by atoms with Crippen LogP contribution in [-0.2, 0) is 11.3 Å². The highest BCUT2D eigenvalue weighted by atomic mass is 79.9. The molecule has 1 aromatic carbocycles. The standard InChI is InChI=1S/C14H18BrNO2/c1-3-4-9-18-14-12(6-5-7-13(14)15)11-16-8-10-17-2/h1,5-7,16H,4,8-11H2,2H3. The number of terminal acetylenes is 1. The van der Waals surface area contributed by atoms with E-state index in [4.69, 9.17) is 15.9 Å². The molecule has 0 aromatic heterocycles. The highest BCUT2D eigenvalue weighted by Gasteiger charge is 2.07. The van der Waals surface area contributed by atoms with Gasteiger partial charge in [0, 0.05) is 32.2 Å². The largest absolute Gasteiger partial charge is 0.491 e. The molecule has 3 nitrogen and oxygen atoms in total. The number of methoxy groups -OCH3 is 1. The fraction of sp³-hybridized carbons (Fsp3) is 0.429. The van der Waals surface area contributed by atoms with E-state index in [2.05, 4.69) is 27.2 Å². The topological polar surface area (TPSA) is 30.5 Å². The molecule has 0 aliphatic heterocycles. The summed E-state index contributed by atoms with van der Waals surface area (Å²) in [7, 11) is 1.69. The van der Waals surface area contributed by atoms with Crippen LogP contribution in [-0.4, -0.2) is 26.9 Å². The summed E-state index contributed by atoms with van der Waals surface area (Å²) in [4.78, 5) is 0. The molecule has 0 radical (unpaired) electrons. The lowest BCUT2D eigenvalue weighted by molar-refractivity contribution is 0.199. The Morgan fingerprint density at radius 2 is 2.22 bits per heavy atom. The summed E-state index contributed by atoms with van der Waals surface area (Å²) >= 11 is 3.49. The Kier molecular flexibility index (Phi) is 7.51. The maximum atomic E-state index is 5.70. The summed E-state index contributed by atoms with van der Waals surface area (Å²) in [6.07, 6.45) is 5.82. The van der Waals surface area contributed by atoms with Gasteiger partial charge < -0.3 is 14.8 Å². The van der Waals surface area contributed by atoms with Crippen molar-refractivity contribution in [3.63, 3.8) is 0 Å². The Hall–Kier alpha value is -1.02. The van der Waals surface area contributed by atoms with E-state index in [1.165, 1.54) is 0 Å². The van der Waals surface area contributed by atoms with E-state index in [1.807, 2.05) is 18.2 Å². The van der Waals surface area contributed by atoms with Crippen molar-refractivity contribution in [1.82, 2.24) is 5.32 Å². The van der Waals surface area contributed by atoms with Gasteiger partial charge in [-0.2, -0.15) is 0 Å². The molecule has 0 unspecified atom stereocenters. The third-order valence-electron chi connectivity index (χ3n) is 2.34. The molecule has 0 bridgehead atoms. The van der Waals surface area contributed by atoms with E-state index >= 15 is 0 Å². The Balaban J connectivity index is 2.59. The lowest BCUT2D eigenvalue weighted by Gasteiger charge is -2.13. The molecular weight excluding hydrogens is 294 g/mol. The summed E-state index contributed by atoms with van der Waals surface area (Å²) in [5, 5.41) is 3.29. The molecule has 0 amide bonds. The summed E-state index contributed by atoms with van der Waals surface area (Å²) in [6, 6.07) is 5.99. The number of benzene rings is 1. The van der Waals surface area contributed by atoms with Gasteiger partial charge in [0.15, 0.2) is 0 Å². The highest BCUT2D eigenvalue weighted by Crippen LogP contribution is 2.29. The van der Waals surface area contributed by atoms with Crippen LogP contribution in [0.25, 0.3) is 0 Å². The second kappa shape index (κ2) is 8.98. The van der Waals surface area contributed by atoms with E-state index in [1.54, 1.807) is 7.11 Å². The molecule has 0 atom stereocenters. The molecular formula is C14H18BrNO2. The van der Waals surface area contributed by atoms with Crippen LogP contribution in [0.15, 0.2) is 22.7 Å². The molecule has 0 aliphatic carbocycles. The number of rotatable bonds is 8. The molecule has 0 aliphatic rings. The number of para-hydroxylation sites is 1. The fourth-order valence-electron chi connectivity index (χ4n) is 1.46. The second-order valence-corrected chi connectivity index (χ2v) is 4.55. The van der Waals surface area contributed by atoms with Gasteiger partial charge >= 0.3 is 0 Å². The Morgan fingerprint density at radius 1 is 1.39 bits per heavy atom. The van der Waals surface area contributed by atoms with Crippen LogP contribution in [0, 0.1) is 12.3 Å². The van der Waals surface area contributed by atoms with E-state index < -0.39 is 0 Å². The summed E-state index contributed by atoms with van der Waals surface area (Å²) in [6.45, 7) is 2.78. The molecule has 0 saturated heterocycles. The normalized spacial score (nSPS) is 10.1. The zero-order valence-electron chi connectivity index (χ0n) is 10.5. The molecule has 1 aromatic rings. The van der Waals surface area contributed by atoms with Crippen molar-refractivity contribution in [2.75, 3.05) is 26.9 Å². The number of halogens is 1. The minimum Gasteiger partial charge on any atom is -0.491 e. The second-order valence-electron chi connectivity index (χ2n) is 3.70. The van der Waals surface area contributed by atoms with Crippen molar-refractivity contribution >= 4 is 15.9 Å². The minimum atomic E-state index is 0.532. The van der Waals surface area contributed by atoms with Gasteiger partial charge in [-0.15, -0.1) is 12.3 Å². The van der Waals surface area contributed by atoms with Crippen LogP contribution < -0.4 is 10.1 Å². The highest BCUT2D eigenvalue weighted by molar-refractivity contribution is 9.10. The van der Waals surface area contributed by atoms with E-state index in [9.17, 15) is 0 Å². The third-order valence-corrected chi connectivity index (χ3v) is 2.96. The van der Waals surface area contributed by atoms with Crippen molar-refractivity contribution < 1.29 is 9.47 Å². The Bertz CT molecular complexity index is 401. The SMILES string of the molecule is C#CCCOc1c(Br)cccc1CNCCOC. The monoisotopic (exact) mass is 311 g/mol. The average Bonchev–Trinajstić information content (AvgIpc) is 2.37. The van der Waals surface area contributed by atoms with Gasteiger partial charge in [-0.25, -0.2) is 0 Å². The lowest BCUT2D eigenvalue weighted by atomic mass is 10.2. The fourth-order valence-corrected chi connectivity index (χ4v) is 1.99. The predicted molar refractivity (Wildman–Crippen MR) is 76.7 cm³/mol. The Morgan fingerprint density at radius 3 is 2.94 bits per heavy atom. The number of ether oxygens (including phenoxy) is 2. The van der Waals surface area contributed by atoms with E-state index in [-0.39, 0.29) is 0 Å².